The van der Waals surface area contributed by atoms with Crippen LogP contribution in [0.4, 0.5) is 13.2 Å². The van der Waals surface area contributed by atoms with Gasteiger partial charge in [-0.05, 0) is 30.7 Å². The Morgan fingerprint density at radius 2 is 1.83 bits per heavy atom. The molecular formula is C19H24F3IN4O2. The van der Waals surface area contributed by atoms with Crippen LogP contribution in [0.15, 0.2) is 47.6 Å². The lowest BCUT2D eigenvalue weighted by Crippen LogP contribution is -2.38. The fourth-order valence-electron chi connectivity index (χ4n) is 2.17. The van der Waals surface area contributed by atoms with E-state index in [-0.39, 0.29) is 29.9 Å². The van der Waals surface area contributed by atoms with Crippen LogP contribution in [0, 0.1) is 6.92 Å². The van der Waals surface area contributed by atoms with Crippen LogP contribution in [0.1, 0.15) is 11.1 Å². The third-order valence-corrected chi connectivity index (χ3v) is 3.55. The number of pyridine rings is 1. The highest BCUT2D eigenvalue weighted by Gasteiger charge is 2.28. The summed E-state index contributed by atoms with van der Waals surface area (Å²) in [5.41, 5.74) is 1.88. The van der Waals surface area contributed by atoms with E-state index in [0.29, 0.717) is 31.2 Å². The summed E-state index contributed by atoms with van der Waals surface area (Å²) in [5.74, 6) is 1.26. The fourth-order valence-corrected chi connectivity index (χ4v) is 2.17. The lowest BCUT2D eigenvalue weighted by Gasteiger charge is -2.13. The lowest BCUT2D eigenvalue weighted by molar-refractivity contribution is -0.154. The van der Waals surface area contributed by atoms with Crippen LogP contribution < -0.4 is 20.1 Å². The molecule has 6 nitrogen and oxygen atoms in total. The van der Waals surface area contributed by atoms with Crippen LogP contribution in [0.2, 0.25) is 0 Å². The van der Waals surface area contributed by atoms with Crippen molar-refractivity contribution in [1.82, 2.24) is 15.6 Å². The maximum absolute atomic E-state index is 12.2. The van der Waals surface area contributed by atoms with Crippen molar-refractivity contribution in [3.05, 3.63) is 53.7 Å². The van der Waals surface area contributed by atoms with E-state index in [0.717, 1.165) is 11.3 Å². The Morgan fingerprint density at radius 1 is 1.10 bits per heavy atom. The highest BCUT2D eigenvalue weighted by Crippen LogP contribution is 2.17. The minimum atomic E-state index is -4.40. The van der Waals surface area contributed by atoms with Gasteiger partial charge in [-0.1, -0.05) is 17.7 Å². The summed E-state index contributed by atoms with van der Waals surface area (Å²) >= 11 is 0. The van der Waals surface area contributed by atoms with Crippen molar-refractivity contribution < 1.29 is 22.6 Å². The van der Waals surface area contributed by atoms with E-state index < -0.39 is 12.8 Å². The maximum Gasteiger partial charge on any atom is 0.422 e. The largest absolute Gasteiger partial charge is 0.492 e. The monoisotopic (exact) mass is 524 g/mol. The number of ether oxygens (including phenoxy) is 2. The average molecular weight is 524 g/mol. The van der Waals surface area contributed by atoms with E-state index in [1.54, 1.807) is 13.1 Å². The molecule has 2 rings (SSSR count). The molecule has 1 aromatic carbocycles. The van der Waals surface area contributed by atoms with Crippen molar-refractivity contribution in [3.63, 3.8) is 0 Å². The Kier molecular flexibility index (Phi) is 10.6. The highest BCUT2D eigenvalue weighted by atomic mass is 127. The van der Waals surface area contributed by atoms with E-state index in [4.69, 9.17) is 4.74 Å². The molecule has 160 valence electrons. The second kappa shape index (κ2) is 12.3. The van der Waals surface area contributed by atoms with Gasteiger partial charge in [0.05, 0.1) is 6.54 Å². The molecule has 0 saturated heterocycles. The van der Waals surface area contributed by atoms with Crippen molar-refractivity contribution in [3.8, 4) is 11.6 Å². The molecule has 0 atom stereocenters. The van der Waals surface area contributed by atoms with Crippen molar-refractivity contribution in [1.29, 1.82) is 0 Å². The van der Waals surface area contributed by atoms with Crippen LogP contribution in [0.5, 0.6) is 11.6 Å². The molecule has 1 aromatic heterocycles. The van der Waals surface area contributed by atoms with Gasteiger partial charge in [0.1, 0.15) is 12.4 Å². The van der Waals surface area contributed by atoms with Gasteiger partial charge in [-0.2, -0.15) is 13.2 Å². The minimum absolute atomic E-state index is 0. The molecule has 1 heterocycles. The summed E-state index contributed by atoms with van der Waals surface area (Å²) in [6, 6.07) is 10.9. The zero-order chi connectivity index (χ0) is 20.4. The molecule has 0 bridgehead atoms. The molecule has 0 fully saturated rings. The van der Waals surface area contributed by atoms with Crippen LogP contribution in [-0.2, 0) is 6.54 Å². The van der Waals surface area contributed by atoms with Gasteiger partial charge in [-0.15, -0.1) is 24.0 Å². The molecule has 0 radical (unpaired) electrons. The molecule has 0 aliphatic carbocycles. The van der Waals surface area contributed by atoms with Gasteiger partial charge in [0.2, 0.25) is 5.88 Å². The summed E-state index contributed by atoms with van der Waals surface area (Å²) in [6.07, 6.45) is -3.00. The molecule has 0 spiro atoms. The molecule has 0 unspecified atom stereocenters. The summed E-state index contributed by atoms with van der Waals surface area (Å²) in [7, 11) is 1.63. The average Bonchev–Trinajstić information content (AvgIpc) is 2.67. The molecule has 29 heavy (non-hydrogen) atoms. The van der Waals surface area contributed by atoms with Crippen molar-refractivity contribution >= 4 is 29.9 Å². The molecule has 2 N–H and O–H groups in total. The van der Waals surface area contributed by atoms with E-state index >= 15 is 0 Å². The molecule has 0 aliphatic heterocycles. The first kappa shape index (κ1) is 24.8. The van der Waals surface area contributed by atoms with E-state index in [1.165, 1.54) is 12.3 Å². The molecule has 10 heteroatoms. The Bertz CT molecular complexity index is 771. The van der Waals surface area contributed by atoms with Gasteiger partial charge in [-0.3, -0.25) is 4.99 Å². The first-order chi connectivity index (χ1) is 13.4. The second-order valence-electron chi connectivity index (χ2n) is 5.92. The van der Waals surface area contributed by atoms with E-state index in [2.05, 4.69) is 25.3 Å². The number of alkyl halides is 3. The Hall–Kier alpha value is -2.24. The fraction of sp³-hybridized carbons (Fsp3) is 0.368. The van der Waals surface area contributed by atoms with Gasteiger partial charge in [-0.25, -0.2) is 4.98 Å². The number of hydrogen-bond acceptors (Lipinski definition) is 4. The van der Waals surface area contributed by atoms with Gasteiger partial charge >= 0.3 is 6.18 Å². The summed E-state index contributed by atoms with van der Waals surface area (Å²) < 4.78 is 46.9. The van der Waals surface area contributed by atoms with Crippen molar-refractivity contribution in [2.75, 3.05) is 26.8 Å². The Balaban J connectivity index is 0.00000420. The summed E-state index contributed by atoms with van der Waals surface area (Å²) in [6.45, 7) is 1.97. The molecule has 0 aliphatic rings. The van der Waals surface area contributed by atoms with E-state index in [1.807, 2.05) is 31.2 Å². The smallest absolute Gasteiger partial charge is 0.422 e. The summed E-state index contributed by atoms with van der Waals surface area (Å²) in [4.78, 5) is 7.87. The number of guanidine groups is 1. The standard InChI is InChI=1S/C19H23F3N4O2.HI/c1-14-3-5-16(6-4-14)27-10-9-25-18(23-2)26-12-15-7-8-24-17(11-15)28-13-19(20,21)22;/h3-8,11H,9-10,12-13H2,1-2H3,(H2,23,25,26);1H. The Labute approximate surface area is 184 Å². The maximum atomic E-state index is 12.2. The van der Waals surface area contributed by atoms with Crippen molar-refractivity contribution in [2.45, 2.75) is 19.6 Å². The number of halogens is 4. The molecule has 0 saturated carbocycles. The molecule has 0 amide bonds. The van der Waals surface area contributed by atoms with Gasteiger partial charge in [0, 0.05) is 25.9 Å². The van der Waals surface area contributed by atoms with Gasteiger partial charge < -0.3 is 20.1 Å². The number of rotatable bonds is 8. The highest BCUT2D eigenvalue weighted by molar-refractivity contribution is 14.0. The number of nitrogens with zero attached hydrogens (tertiary/aromatic N) is 2. The quantitative estimate of drug-likeness (QED) is 0.239. The predicted molar refractivity (Wildman–Crippen MR) is 116 cm³/mol. The number of nitrogens with one attached hydrogen (secondary N) is 2. The van der Waals surface area contributed by atoms with Crippen LogP contribution >= 0.6 is 24.0 Å². The molecule has 2 aromatic rings. The zero-order valence-electron chi connectivity index (χ0n) is 16.1. The number of benzene rings is 1. The van der Waals surface area contributed by atoms with Gasteiger partial charge in [0.25, 0.3) is 0 Å². The number of hydrogen-bond donors (Lipinski definition) is 2. The number of aliphatic imine (C=N–C) groups is 1. The third kappa shape index (κ3) is 10.2. The Morgan fingerprint density at radius 3 is 2.48 bits per heavy atom. The van der Waals surface area contributed by atoms with Crippen LogP contribution in [-0.4, -0.2) is 43.9 Å². The van der Waals surface area contributed by atoms with Crippen LogP contribution in [0.3, 0.4) is 0 Å². The van der Waals surface area contributed by atoms with Gasteiger partial charge in [0.15, 0.2) is 12.6 Å². The number of aromatic nitrogens is 1. The third-order valence-electron chi connectivity index (χ3n) is 3.55. The first-order valence-electron chi connectivity index (χ1n) is 8.64. The van der Waals surface area contributed by atoms with Crippen molar-refractivity contribution in [2.24, 2.45) is 4.99 Å². The SMILES string of the molecule is CN=C(NCCOc1ccc(C)cc1)NCc1ccnc(OCC(F)(F)F)c1.I. The zero-order valence-corrected chi connectivity index (χ0v) is 18.5. The second-order valence-corrected chi connectivity index (χ2v) is 5.92. The lowest BCUT2D eigenvalue weighted by atomic mass is 10.2. The minimum Gasteiger partial charge on any atom is -0.492 e. The first-order valence-corrected chi connectivity index (χ1v) is 8.64. The molecular weight excluding hydrogens is 500 g/mol. The topological polar surface area (TPSA) is 67.8 Å². The summed E-state index contributed by atoms with van der Waals surface area (Å²) in [5, 5.41) is 6.17. The van der Waals surface area contributed by atoms with E-state index in [9.17, 15) is 13.2 Å². The normalized spacial score (nSPS) is 11.4. The predicted octanol–water partition coefficient (Wildman–Crippen LogP) is 3.69. The van der Waals surface area contributed by atoms with Crippen LogP contribution in [0.25, 0.3) is 0 Å². The number of aryl methyl sites for hydroxylation is 1.